The van der Waals surface area contributed by atoms with E-state index in [4.69, 9.17) is 0 Å². The normalized spacial score (nSPS) is 11.2. The largest absolute Gasteiger partial charge is 0.326 e. The van der Waals surface area contributed by atoms with Crippen molar-refractivity contribution in [3.8, 4) is 0 Å². The number of anilines is 2. The van der Waals surface area contributed by atoms with E-state index in [1.54, 1.807) is 41.1 Å². The van der Waals surface area contributed by atoms with Crippen molar-refractivity contribution in [2.75, 3.05) is 10.6 Å². The van der Waals surface area contributed by atoms with Gasteiger partial charge in [-0.05, 0) is 62.4 Å². The fourth-order valence-corrected chi connectivity index (χ4v) is 3.07. The van der Waals surface area contributed by atoms with Gasteiger partial charge < -0.3 is 10.6 Å². The van der Waals surface area contributed by atoms with Gasteiger partial charge in [0.2, 0.25) is 11.9 Å². The van der Waals surface area contributed by atoms with Crippen LogP contribution in [-0.2, 0) is 18.4 Å². The van der Waals surface area contributed by atoms with E-state index in [1.807, 2.05) is 20.9 Å². The maximum Gasteiger partial charge on any atom is 0.257 e. The van der Waals surface area contributed by atoms with Gasteiger partial charge in [-0.15, -0.1) is 0 Å². The molecule has 0 saturated heterocycles. The Morgan fingerprint density at radius 1 is 1.00 bits per heavy atom. The van der Waals surface area contributed by atoms with Gasteiger partial charge in [0, 0.05) is 42.2 Å². The third-order valence-electron chi connectivity index (χ3n) is 4.86. The first-order valence-corrected chi connectivity index (χ1v) is 9.98. The van der Waals surface area contributed by atoms with Crippen LogP contribution in [0.2, 0.25) is 0 Å². The maximum atomic E-state index is 13.3. The number of carbonyl (C=O) groups excluding carboxylic acids is 2. The lowest BCUT2D eigenvalue weighted by Crippen LogP contribution is -2.36. The number of rotatable bonds is 5. The molecule has 9 heteroatoms. The molecule has 0 unspecified atom stereocenters. The van der Waals surface area contributed by atoms with Gasteiger partial charge in [0.05, 0.1) is 12.2 Å². The van der Waals surface area contributed by atoms with E-state index < -0.39 is 0 Å². The Kier molecular flexibility index (Phi) is 6.99. The van der Waals surface area contributed by atoms with Crippen LogP contribution in [0, 0.1) is 19.7 Å². The summed E-state index contributed by atoms with van der Waals surface area (Å²) in [5.74, 6) is -0.720. The predicted octanol–water partition coefficient (Wildman–Crippen LogP) is 3.53. The van der Waals surface area contributed by atoms with Crippen molar-refractivity contribution in [2.45, 2.75) is 27.3 Å². The van der Waals surface area contributed by atoms with Crippen LogP contribution in [0.1, 0.15) is 34.2 Å². The Morgan fingerprint density at radius 3 is 2.16 bits per heavy atom. The van der Waals surface area contributed by atoms with Gasteiger partial charge in [-0.2, -0.15) is 5.10 Å². The molecule has 0 radical (unpaired) electrons. The van der Waals surface area contributed by atoms with Crippen LogP contribution in [0.25, 0.3) is 0 Å². The first-order chi connectivity index (χ1) is 15.2. The standard InChI is InChI=1S/C23H25FN6O2/c1-14-21(15(2)30(4)29-14)13-25-23(27-20-11-7-18(24)8-12-20)28-22(32)17-5-9-19(10-6-17)26-16(3)31/h5-12H,13H2,1-4H3,(H,26,31)(H2,25,27,28,32). The Labute approximate surface area is 185 Å². The van der Waals surface area contributed by atoms with Crippen molar-refractivity contribution in [1.82, 2.24) is 15.1 Å². The number of benzene rings is 2. The van der Waals surface area contributed by atoms with E-state index >= 15 is 0 Å². The molecule has 0 atom stereocenters. The van der Waals surface area contributed by atoms with Gasteiger partial charge in [0.15, 0.2) is 0 Å². The second kappa shape index (κ2) is 9.86. The van der Waals surface area contributed by atoms with Crippen LogP contribution < -0.4 is 16.0 Å². The highest BCUT2D eigenvalue weighted by Gasteiger charge is 2.12. The van der Waals surface area contributed by atoms with Gasteiger partial charge in [0.1, 0.15) is 5.82 Å². The minimum absolute atomic E-state index is 0.193. The Balaban J connectivity index is 1.81. The Hall–Kier alpha value is -4.01. The van der Waals surface area contributed by atoms with Crippen molar-refractivity contribution in [3.63, 3.8) is 0 Å². The molecule has 1 aromatic heterocycles. The molecule has 2 amide bonds. The lowest BCUT2D eigenvalue weighted by molar-refractivity contribution is -0.114. The monoisotopic (exact) mass is 436 g/mol. The van der Waals surface area contributed by atoms with Crippen LogP contribution in [0.15, 0.2) is 53.5 Å². The number of aromatic nitrogens is 2. The Morgan fingerprint density at radius 2 is 1.59 bits per heavy atom. The number of nitrogens with zero attached hydrogens (tertiary/aromatic N) is 3. The molecule has 0 bridgehead atoms. The summed E-state index contributed by atoms with van der Waals surface area (Å²) in [6.07, 6.45) is 0. The lowest BCUT2D eigenvalue weighted by Gasteiger charge is -2.12. The van der Waals surface area contributed by atoms with Crippen molar-refractivity contribution < 1.29 is 14.0 Å². The minimum Gasteiger partial charge on any atom is -0.326 e. The highest BCUT2D eigenvalue weighted by molar-refractivity contribution is 6.10. The van der Waals surface area contributed by atoms with Gasteiger partial charge in [-0.3, -0.25) is 19.6 Å². The van der Waals surface area contributed by atoms with Gasteiger partial charge >= 0.3 is 0 Å². The summed E-state index contributed by atoms with van der Waals surface area (Å²) < 4.78 is 15.0. The molecular formula is C23H25FN6O2. The average molecular weight is 436 g/mol. The highest BCUT2D eigenvalue weighted by atomic mass is 19.1. The summed E-state index contributed by atoms with van der Waals surface area (Å²) in [6.45, 7) is 5.57. The van der Waals surface area contributed by atoms with E-state index in [1.165, 1.54) is 19.1 Å². The van der Waals surface area contributed by atoms with E-state index in [2.05, 4.69) is 26.0 Å². The molecule has 3 aromatic rings. The molecule has 32 heavy (non-hydrogen) atoms. The van der Waals surface area contributed by atoms with Crippen LogP contribution in [0.5, 0.6) is 0 Å². The average Bonchev–Trinajstić information content (AvgIpc) is 2.99. The van der Waals surface area contributed by atoms with Crippen LogP contribution >= 0.6 is 0 Å². The number of hydrogen-bond acceptors (Lipinski definition) is 4. The van der Waals surface area contributed by atoms with Crippen LogP contribution in [0.3, 0.4) is 0 Å². The molecule has 3 rings (SSSR count). The number of aliphatic imine (C=N–C) groups is 1. The molecule has 0 spiro atoms. The molecule has 8 nitrogen and oxygen atoms in total. The van der Waals surface area contributed by atoms with E-state index in [0.29, 0.717) is 23.5 Å². The number of hydrogen-bond donors (Lipinski definition) is 3. The van der Waals surface area contributed by atoms with Crippen molar-refractivity contribution in [1.29, 1.82) is 0 Å². The first-order valence-electron chi connectivity index (χ1n) is 9.98. The molecule has 0 aliphatic carbocycles. The zero-order valence-corrected chi connectivity index (χ0v) is 18.4. The van der Waals surface area contributed by atoms with Crippen molar-refractivity contribution >= 4 is 29.1 Å². The molecular weight excluding hydrogens is 411 g/mol. The van der Waals surface area contributed by atoms with Crippen molar-refractivity contribution in [3.05, 3.63) is 76.9 Å². The summed E-state index contributed by atoms with van der Waals surface area (Å²) in [4.78, 5) is 28.5. The summed E-state index contributed by atoms with van der Waals surface area (Å²) >= 11 is 0. The topological polar surface area (TPSA) is 100 Å². The summed E-state index contributed by atoms with van der Waals surface area (Å²) in [5, 5.41) is 12.8. The molecule has 166 valence electrons. The zero-order chi connectivity index (χ0) is 23.3. The fourth-order valence-electron chi connectivity index (χ4n) is 3.07. The summed E-state index contributed by atoms with van der Waals surface area (Å²) in [7, 11) is 1.86. The van der Waals surface area contributed by atoms with Gasteiger partial charge in [-0.25, -0.2) is 9.38 Å². The lowest BCUT2D eigenvalue weighted by atomic mass is 10.2. The molecule has 0 saturated carbocycles. The summed E-state index contributed by atoms with van der Waals surface area (Å²) in [5.41, 5.74) is 4.35. The molecule has 0 aliphatic heterocycles. The van der Waals surface area contributed by atoms with Gasteiger partial charge in [-0.1, -0.05) is 0 Å². The molecule has 2 aromatic carbocycles. The SMILES string of the molecule is CC(=O)Nc1ccc(C(=O)NC(=NCc2c(C)nn(C)c2C)Nc2ccc(F)cc2)cc1. The number of guanidine groups is 1. The minimum atomic E-state index is -0.382. The molecule has 0 aliphatic rings. The fraction of sp³-hybridized carbons (Fsp3) is 0.217. The Bertz CT molecular complexity index is 1150. The second-order valence-electron chi connectivity index (χ2n) is 7.28. The van der Waals surface area contributed by atoms with Crippen LogP contribution in [0.4, 0.5) is 15.8 Å². The smallest absolute Gasteiger partial charge is 0.257 e. The molecule has 0 fully saturated rings. The summed E-state index contributed by atoms with van der Waals surface area (Å²) in [6, 6.07) is 12.2. The predicted molar refractivity (Wildman–Crippen MR) is 122 cm³/mol. The van der Waals surface area contributed by atoms with Crippen molar-refractivity contribution in [2.24, 2.45) is 12.0 Å². The van der Waals surface area contributed by atoms with E-state index in [0.717, 1.165) is 17.0 Å². The number of amides is 2. The number of nitrogens with one attached hydrogen (secondary N) is 3. The number of halogens is 1. The third kappa shape index (κ3) is 5.78. The molecule has 1 heterocycles. The van der Waals surface area contributed by atoms with Crippen LogP contribution in [-0.4, -0.2) is 27.6 Å². The number of aryl methyl sites for hydroxylation is 2. The second-order valence-corrected chi connectivity index (χ2v) is 7.28. The highest BCUT2D eigenvalue weighted by Crippen LogP contribution is 2.14. The number of carbonyl (C=O) groups is 2. The first kappa shape index (κ1) is 22.7. The third-order valence-corrected chi connectivity index (χ3v) is 4.86. The quantitative estimate of drug-likeness (QED) is 0.421. The molecule has 3 N–H and O–H groups in total. The van der Waals surface area contributed by atoms with Gasteiger partial charge in [0.25, 0.3) is 5.91 Å². The zero-order valence-electron chi connectivity index (χ0n) is 18.4. The van der Waals surface area contributed by atoms with E-state index in [9.17, 15) is 14.0 Å². The maximum absolute atomic E-state index is 13.3. The van der Waals surface area contributed by atoms with E-state index in [-0.39, 0.29) is 23.6 Å².